The highest BCUT2D eigenvalue weighted by Gasteiger charge is 2.25. The maximum atomic E-state index is 12.4. The van der Waals surface area contributed by atoms with Crippen molar-refractivity contribution in [3.8, 4) is 0 Å². The van der Waals surface area contributed by atoms with E-state index < -0.39 is 15.4 Å². The normalized spacial score (nSPS) is 12.1. The lowest BCUT2D eigenvalue weighted by atomic mass is 9.89. The van der Waals surface area contributed by atoms with Gasteiger partial charge in [0, 0.05) is 11.1 Å². The number of nitrogens with one attached hydrogen (secondary N) is 2. The predicted octanol–water partition coefficient (Wildman–Crippen LogP) is 3.13. The Morgan fingerprint density at radius 1 is 1.21 bits per heavy atom. The highest BCUT2D eigenvalue weighted by atomic mass is 32.2. The van der Waals surface area contributed by atoms with Crippen molar-refractivity contribution in [1.82, 2.24) is 4.72 Å². The molecule has 1 aromatic carbocycles. The minimum absolute atomic E-state index is 0.0643. The fourth-order valence-electron chi connectivity index (χ4n) is 1.86. The van der Waals surface area contributed by atoms with E-state index >= 15 is 0 Å². The van der Waals surface area contributed by atoms with E-state index in [2.05, 4.69) is 10.0 Å². The van der Waals surface area contributed by atoms with E-state index in [0.29, 0.717) is 17.9 Å². The molecule has 1 aromatic heterocycles. The molecule has 130 valence electrons. The molecule has 0 unspecified atom stereocenters. The van der Waals surface area contributed by atoms with Gasteiger partial charge in [-0.05, 0) is 36.8 Å². The number of benzene rings is 1. The molecule has 0 aliphatic carbocycles. The molecule has 0 aliphatic rings. The quantitative estimate of drug-likeness (QED) is 0.803. The van der Waals surface area contributed by atoms with Gasteiger partial charge >= 0.3 is 0 Å². The minimum Gasteiger partial charge on any atom is -0.468 e. The van der Waals surface area contributed by atoms with E-state index in [0.717, 1.165) is 0 Å². The number of hydrogen-bond acceptors (Lipinski definition) is 4. The number of amides is 1. The summed E-state index contributed by atoms with van der Waals surface area (Å²) in [5, 5.41) is 2.77. The van der Waals surface area contributed by atoms with Crippen LogP contribution >= 0.6 is 0 Å². The van der Waals surface area contributed by atoms with E-state index in [1.807, 2.05) is 20.8 Å². The van der Waals surface area contributed by atoms with Gasteiger partial charge in [-0.3, -0.25) is 4.79 Å². The Morgan fingerprint density at radius 3 is 2.58 bits per heavy atom. The summed E-state index contributed by atoms with van der Waals surface area (Å²) in [5.41, 5.74) is -0.0747. The van der Waals surface area contributed by atoms with E-state index in [-0.39, 0.29) is 17.3 Å². The highest BCUT2D eigenvalue weighted by Crippen LogP contribution is 2.23. The number of sulfonamides is 1. The molecule has 0 saturated carbocycles. The van der Waals surface area contributed by atoms with Crippen molar-refractivity contribution in [2.24, 2.45) is 5.41 Å². The minimum atomic E-state index is -3.70. The maximum Gasteiger partial charge on any atom is 0.241 e. The van der Waals surface area contributed by atoms with Crippen molar-refractivity contribution in [3.05, 3.63) is 48.4 Å². The van der Waals surface area contributed by atoms with Crippen LogP contribution in [-0.4, -0.2) is 14.3 Å². The molecule has 0 atom stereocenters. The van der Waals surface area contributed by atoms with E-state index in [9.17, 15) is 13.2 Å². The number of hydrogen-bond donors (Lipinski definition) is 2. The fraction of sp³-hybridized carbons (Fsp3) is 0.353. The van der Waals surface area contributed by atoms with Crippen LogP contribution in [0.15, 0.2) is 52.0 Å². The Bertz CT molecular complexity index is 796. The highest BCUT2D eigenvalue weighted by molar-refractivity contribution is 7.89. The summed E-state index contributed by atoms with van der Waals surface area (Å²) in [7, 11) is -3.70. The van der Waals surface area contributed by atoms with Crippen LogP contribution in [0.5, 0.6) is 0 Å². The number of anilines is 1. The van der Waals surface area contributed by atoms with Crippen LogP contribution in [0.2, 0.25) is 0 Å². The molecule has 0 aliphatic heterocycles. The zero-order chi connectivity index (χ0) is 17.8. The third-order valence-electron chi connectivity index (χ3n) is 3.92. The SMILES string of the molecule is CCC(C)(C)C(=O)Nc1cccc(S(=O)(=O)NCc2ccco2)c1. The summed E-state index contributed by atoms with van der Waals surface area (Å²) < 4.78 is 32.3. The first-order valence-electron chi connectivity index (χ1n) is 7.68. The molecule has 6 nitrogen and oxygen atoms in total. The lowest BCUT2D eigenvalue weighted by Crippen LogP contribution is -2.30. The molecule has 2 rings (SSSR count). The van der Waals surface area contributed by atoms with Gasteiger partial charge in [0.2, 0.25) is 15.9 Å². The zero-order valence-corrected chi connectivity index (χ0v) is 14.8. The van der Waals surface area contributed by atoms with Gasteiger partial charge in [0.15, 0.2) is 0 Å². The van der Waals surface area contributed by atoms with Gasteiger partial charge < -0.3 is 9.73 Å². The molecular formula is C17H22N2O4S. The molecule has 1 heterocycles. The summed E-state index contributed by atoms with van der Waals surface area (Å²) in [6.45, 7) is 5.68. The van der Waals surface area contributed by atoms with Gasteiger partial charge in [0.25, 0.3) is 0 Å². The van der Waals surface area contributed by atoms with E-state index in [1.165, 1.54) is 18.4 Å². The second-order valence-corrected chi connectivity index (χ2v) is 7.89. The second kappa shape index (κ2) is 7.19. The summed E-state index contributed by atoms with van der Waals surface area (Å²) in [6.07, 6.45) is 2.16. The number of furan rings is 1. The molecule has 0 spiro atoms. The molecule has 24 heavy (non-hydrogen) atoms. The Balaban J connectivity index is 2.12. The number of rotatable bonds is 7. The van der Waals surface area contributed by atoms with Crippen LogP contribution in [0.25, 0.3) is 0 Å². The van der Waals surface area contributed by atoms with Crippen LogP contribution < -0.4 is 10.0 Å². The van der Waals surface area contributed by atoms with Crippen LogP contribution in [0.1, 0.15) is 33.0 Å². The maximum absolute atomic E-state index is 12.4. The molecule has 7 heteroatoms. The summed E-state index contributed by atoms with van der Waals surface area (Å²) in [6, 6.07) is 9.55. The van der Waals surface area contributed by atoms with Gasteiger partial charge in [-0.2, -0.15) is 0 Å². The van der Waals surface area contributed by atoms with Gasteiger partial charge in [0.05, 0.1) is 17.7 Å². The summed E-state index contributed by atoms with van der Waals surface area (Å²) in [5.74, 6) is 0.371. The van der Waals surface area contributed by atoms with Crippen LogP contribution in [-0.2, 0) is 21.4 Å². The Hall–Kier alpha value is -2.12. The third-order valence-corrected chi connectivity index (χ3v) is 5.32. The average Bonchev–Trinajstić information content (AvgIpc) is 3.07. The molecule has 0 fully saturated rings. The van der Waals surface area contributed by atoms with Crippen molar-refractivity contribution >= 4 is 21.6 Å². The smallest absolute Gasteiger partial charge is 0.241 e. The monoisotopic (exact) mass is 350 g/mol. The molecule has 0 saturated heterocycles. The van der Waals surface area contributed by atoms with Crippen molar-refractivity contribution in [2.75, 3.05) is 5.32 Å². The third kappa shape index (κ3) is 4.46. The van der Waals surface area contributed by atoms with Crippen molar-refractivity contribution in [2.45, 2.75) is 38.6 Å². The summed E-state index contributed by atoms with van der Waals surface area (Å²) in [4.78, 5) is 12.3. The Morgan fingerprint density at radius 2 is 1.96 bits per heavy atom. The molecule has 1 amide bonds. The zero-order valence-electron chi connectivity index (χ0n) is 14.0. The number of carbonyl (C=O) groups excluding carboxylic acids is 1. The molecule has 0 radical (unpaired) electrons. The predicted molar refractivity (Wildman–Crippen MR) is 91.9 cm³/mol. The van der Waals surface area contributed by atoms with Crippen LogP contribution in [0.4, 0.5) is 5.69 Å². The van der Waals surface area contributed by atoms with Gasteiger partial charge in [0.1, 0.15) is 5.76 Å². The van der Waals surface area contributed by atoms with E-state index in [4.69, 9.17) is 4.42 Å². The van der Waals surface area contributed by atoms with Crippen molar-refractivity contribution in [1.29, 1.82) is 0 Å². The average molecular weight is 350 g/mol. The van der Waals surface area contributed by atoms with Gasteiger partial charge in [-0.25, -0.2) is 13.1 Å². The Kier molecular flexibility index (Phi) is 5.46. The lowest BCUT2D eigenvalue weighted by Gasteiger charge is -2.21. The fourth-order valence-corrected chi connectivity index (χ4v) is 2.90. The van der Waals surface area contributed by atoms with Crippen molar-refractivity contribution in [3.63, 3.8) is 0 Å². The van der Waals surface area contributed by atoms with Crippen LogP contribution in [0, 0.1) is 5.41 Å². The molecule has 2 aromatic rings. The second-order valence-electron chi connectivity index (χ2n) is 6.12. The topological polar surface area (TPSA) is 88.4 Å². The van der Waals surface area contributed by atoms with Gasteiger partial charge in [-0.1, -0.05) is 26.8 Å². The molecule has 2 N–H and O–H groups in total. The summed E-state index contributed by atoms with van der Waals surface area (Å²) >= 11 is 0. The standard InChI is InChI=1S/C17H22N2O4S/c1-4-17(2,3)16(20)19-13-7-5-9-15(11-13)24(21,22)18-12-14-8-6-10-23-14/h5-11,18H,4,12H2,1-3H3,(H,19,20). The van der Waals surface area contributed by atoms with Gasteiger partial charge in [-0.15, -0.1) is 0 Å². The first-order valence-corrected chi connectivity index (χ1v) is 9.16. The van der Waals surface area contributed by atoms with Crippen molar-refractivity contribution < 1.29 is 17.6 Å². The first kappa shape index (κ1) is 18.2. The number of carbonyl (C=O) groups is 1. The molecule has 0 bridgehead atoms. The molecular weight excluding hydrogens is 328 g/mol. The van der Waals surface area contributed by atoms with Crippen LogP contribution in [0.3, 0.4) is 0 Å². The van der Waals surface area contributed by atoms with E-state index in [1.54, 1.807) is 24.3 Å². The Labute approximate surface area is 142 Å². The lowest BCUT2D eigenvalue weighted by molar-refractivity contribution is -0.124. The first-order chi connectivity index (χ1) is 11.2. The largest absolute Gasteiger partial charge is 0.468 e.